The Morgan fingerprint density at radius 2 is 1.47 bits per heavy atom. The predicted octanol–water partition coefficient (Wildman–Crippen LogP) is 3.23. The summed E-state index contributed by atoms with van der Waals surface area (Å²) in [6, 6.07) is 4.00. The standard InChI is InChI=1S/C17H19NO/c1-12-9-15(10-13(2)17(12)19)11-14-5-7-16(8-6-14)18(3)4/h5-11H,1-4H3/p+1. The second-order valence-corrected chi connectivity index (χ2v) is 5.13. The van der Waals surface area contributed by atoms with Gasteiger partial charge in [0.15, 0.2) is 5.71 Å². The van der Waals surface area contributed by atoms with E-state index in [0.717, 1.165) is 22.3 Å². The summed E-state index contributed by atoms with van der Waals surface area (Å²) in [4.78, 5) is 0. The first kappa shape index (κ1) is 13.3. The largest absolute Gasteiger partial charge is 0.507 e. The third-order valence-corrected chi connectivity index (χ3v) is 3.26. The van der Waals surface area contributed by atoms with Gasteiger partial charge in [-0.2, -0.15) is 0 Å². The zero-order valence-electron chi connectivity index (χ0n) is 11.9. The Balaban J connectivity index is 2.32. The second kappa shape index (κ2) is 5.27. The molecule has 0 atom stereocenters. The van der Waals surface area contributed by atoms with Gasteiger partial charge in [-0.05, 0) is 66.5 Å². The summed E-state index contributed by atoms with van der Waals surface area (Å²) in [6.45, 7) is 3.85. The third-order valence-electron chi connectivity index (χ3n) is 3.26. The Hall–Kier alpha value is -2.09. The Bertz CT molecular complexity index is 586. The molecule has 0 aliphatic heterocycles. The quantitative estimate of drug-likeness (QED) is 0.764. The first-order valence-electron chi connectivity index (χ1n) is 6.40. The molecule has 0 radical (unpaired) electrons. The molecule has 0 heterocycles. The average Bonchev–Trinajstić information content (AvgIpc) is 2.36. The van der Waals surface area contributed by atoms with Gasteiger partial charge in [-0.1, -0.05) is 0 Å². The molecule has 0 saturated heterocycles. The number of aryl methyl sites for hydroxylation is 2. The van der Waals surface area contributed by atoms with Crippen LogP contribution in [0.5, 0.6) is 5.75 Å². The summed E-state index contributed by atoms with van der Waals surface area (Å²) in [5.74, 6) is 0.389. The summed E-state index contributed by atoms with van der Waals surface area (Å²) in [7, 11) is 4.07. The van der Waals surface area contributed by atoms with Crippen molar-refractivity contribution in [1.82, 2.24) is 0 Å². The van der Waals surface area contributed by atoms with E-state index in [4.69, 9.17) is 0 Å². The third kappa shape index (κ3) is 3.02. The van der Waals surface area contributed by atoms with Gasteiger partial charge in [-0.15, -0.1) is 0 Å². The van der Waals surface area contributed by atoms with E-state index in [9.17, 15) is 5.11 Å². The number of benzene rings is 1. The number of nitrogens with zero attached hydrogens (tertiary/aromatic N) is 1. The van der Waals surface area contributed by atoms with Gasteiger partial charge in [-0.3, -0.25) is 0 Å². The molecule has 98 valence electrons. The molecule has 0 bridgehead atoms. The number of rotatable bonds is 1. The zero-order chi connectivity index (χ0) is 14.0. The summed E-state index contributed by atoms with van der Waals surface area (Å²) < 4.78 is 2.08. The van der Waals surface area contributed by atoms with Crippen LogP contribution in [0.2, 0.25) is 0 Å². The Kier molecular flexibility index (Phi) is 3.70. The van der Waals surface area contributed by atoms with E-state index >= 15 is 0 Å². The summed E-state index contributed by atoms with van der Waals surface area (Å²) >= 11 is 0. The highest BCUT2D eigenvalue weighted by atomic mass is 16.3. The molecule has 0 aromatic heterocycles. The maximum absolute atomic E-state index is 9.77. The summed E-state index contributed by atoms with van der Waals surface area (Å²) in [5.41, 5.74) is 5.29. The number of allylic oxidation sites excluding steroid dienone is 5. The van der Waals surface area contributed by atoms with Crippen molar-refractivity contribution in [3.05, 3.63) is 58.7 Å². The van der Waals surface area contributed by atoms with E-state index in [0.29, 0.717) is 5.75 Å². The molecule has 0 amide bonds. The minimum atomic E-state index is 0.389. The highest BCUT2D eigenvalue weighted by Crippen LogP contribution is 2.24. The van der Waals surface area contributed by atoms with Gasteiger partial charge in [0.2, 0.25) is 0 Å². The Morgan fingerprint density at radius 1 is 0.947 bits per heavy atom. The van der Waals surface area contributed by atoms with Gasteiger partial charge in [0, 0.05) is 12.2 Å². The fraction of sp³-hybridized carbons (Fsp3) is 0.235. The van der Waals surface area contributed by atoms with Crippen LogP contribution >= 0.6 is 0 Å². The fourth-order valence-corrected chi connectivity index (χ4v) is 2.13. The molecule has 1 N–H and O–H groups in total. The predicted molar refractivity (Wildman–Crippen MR) is 81.0 cm³/mol. The number of aromatic hydroxyl groups is 1. The van der Waals surface area contributed by atoms with Crippen LogP contribution in [0.1, 0.15) is 16.7 Å². The lowest BCUT2D eigenvalue weighted by molar-refractivity contribution is -0.462. The molecule has 0 saturated carbocycles. The zero-order valence-corrected chi connectivity index (χ0v) is 11.9. The molecule has 1 aromatic carbocycles. The van der Waals surface area contributed by atoms with Crippen molar-refractivity contribution < 1.29 is 9.68 Å². The molecule has 1 aromatic rings. The Morgan fingerprint density at radius 3 is 1.95 bits per heavy atom. The van der Waals surface area contributed by atoms with Crippen molar-refractivity contribution >= 4 is 11.8 Å². The van der Waals surface area contributed by atoms with E-state index in [-0.39, 0.29) is 0 Å². The van der Waals surface area contributed by atoms with Crippen LogP contribution in [0.25, 0.3) is 6.08 Å². The number of hydrogen-bond donors (Lipinski definition) is 1. The van der Waals surface area contributed by atoms with E-state index in [1.165, 1.54) is 5.71 Å². The second-order valence-electron chi connectivity index (χ2n) is 5.13. The van der Waals surface area contributed by atoms with Crippen molar-refractivity contribution in [2.75, 3.05) is 14.1 Å². The van der Waals surface area contributed by atoms with Crippen LogP contribution in [0.15, 0.2) is 42.0 Å². The molecule has 1 aliphatic carbocycles. The van der Waals surface area contributed by atoms with Crippen molar-refractivity contribution in [2.45, 2.75) is 13.8 Å². The lowest BCUT2D eigenvalue weighted by Gasteiger charge is -2.06. The number of hydrogen-bond acceptors (Lipinski definition) is 1. The van der Waals surface area contributed by atoms with E-state index in [1.807, 2.05) is 40.1 Å². The topological polar surface area (TPSA) is 23.2 Å². The van der Waals surface area contributed by atoms with Crippen molar-refractivity contribution in [3.8, 4) is 5.75 Å². The van der Waals surface area contributed by atoms with Crippen LogP contribution in [-0.2, 0) is 0 Å². The maximum atomic E-state index is 9.77. The highest BCUT2D eigenvalue weighted by Gasteiger charge is 2.05. The molecule has 1 aliphatic rings. The first-order chi connectivity index (χ1) is 8.97. The van der Waals surface area contributed by atoms with Crippen LogP contribution < -0.4 is 0 Å². The molecule has 19 heavy (non-hydrogen) atoms. The number of phenols is 1. The molecule has 2 rings (SSSR count). The van der Waals surface area contributed by atoms with E-state index in [1.54, 1.807) is 0 Å². The molecule has 0 spiro atoms. The van der Waals surface area contributed by atoms with Crippen molar-refractivity contribution in [2.24, 2.45) is 0 Å². The van der Waals surface area contributed by atoms with Gasteiger partial charge in [0.1, 0.15) is 19.8 Å². The molecular formula is C17H20NO+. The normalized spacial score (nSPS) is 13.9. The fourth-order valence-electron chi connectivity index (χ4n) is 2.13. The van der Waals surface area contributed by atoms with Crippen LogP contribution in [0, 0.1) is 13.8 Å². The van der Waals surface area contributed by atoms with Gasteiger partial charge in [-0.25, -0.2) is 4.58 Å². The molecule has 2 nitrogen and oxygen atoms in total. The van der Waals surface area contributed by atoms with Crippen molar-refractivity contribution in [3.63, 3.8) is 0 Å². The van der Waals surface area contributed by atoms with Crippen LogP contribution in [-0.4, -0.2) is 29.5 Å². The molecule has 0 fully saturated rings. The smallest absolute Gasteiger partial charge is 0.199 e. The highest BCUT2D eigenvalue weighted by molar-refractivity contribution is 6.02. The number of phenolic OH excluding ortho intramolecular Hbond substituents is 1. The van der Waals surface area contributed by atoms with Crippen LogP contribution in [0.3, 0.4) is 0 Å². The molecule has 0 unspecified atom stereocenters. The minimum Gasteiger partial charge on any atom is -0.507 e. The minimum absolute atomic E-state index is 0.389. The van der Waals surface area contributed by atoms with Gasteiger partial charge < -0.3 is 5.11 Å². The van der Waals surface area contributed by atoms with Gasteiger partial charge in [0.25, 0.3) is 0 Å². The molecule has 2 heteroatoms. The van der Waals surface area contributed by atoms with Gasteiger partial charge >= 0.3 is 0 Å². The summed E-state index contributed by atoms with van der Waals surface area (Å²) in [6.07, 6.45) is 10.5. The van der Waals surface area contributed by atoms with Crippen molar-refractivity contribution in [1.29, 1.82) is 0 Å². The molecular weight excluding hydrogens is 234 g/mol. The Labute approximate surface area is 114 Å². The average molecular weight is 254 g/mol. The lowest BCUT2D eigenvalue weighted by atomic mass is 10.0. The van der Waals surface area contributed by atoms with Gasteiger partial charge in [0.05, 0.1) is 0 Å². The van der Waals surface area contributed by atoms with Crippen LogP contribution in [0.4, 0.5) is 0 Å². The first-order valence-corrected chi connectivity index (χ1v) is 6.40. The van der Waals surface area contributed by atoms with E-state index < -0.39 is 0 Å². The SMILES string of the molecule is Cc1cc(C=C2C=CC(=[N+](C)C)C=C2)cc(C)c1O. The van der Waals surface area contributed by atoms with E-state index in [2.05, 4.69) is 35.0 Å². The monoisotopic (exact) mass is 254 g/mol. The summed E-state index contributed by atoms with van der Waals surface area (Å²) in [5, 5.41) is 9.77. The lowest BCUT2D eigenvalue weighted by Crippen LogP contribution is -2.09. The maximum Gasteiger partial charge on any atom is 0.199 e.